The Hall–Kier alpha value is -2.81. The van der Waals surface area contributed by atoms with Crippen molar-refractivity contribution < 1.29 is 48.0 Å². The molecule has 0 radical (unpaired) electrons. The van der Waals surface area contributed by atoms with E-state index in [1.165, 1.54) is 0 Å². The van der Waals surface area contributed by atoms with Gasteiger partial charge in [-0.3, -0.25) is 19.2 Å². The molecule has 0 aliphatic rings. The quantitative estimate of drug-likeness (QED) is 0.0881. The van der Waals surface area contributed by atoms with Gasteiger partial charge in [0.25, 0.3) is 0 Å². The number of rotatable bonds is 25. The van der Waals surface area contributed by atoms with Crippen LogP contribution in [0.25, 0.3) is 0 Å². The lowest BCUT2D eigenvalue weighted by atomic mass is 10.1. The van der Waals surface area contributed by atoms with Gasteiger partial charge in [0.15, 0.2) is 0 Å². The van der Waals surface area contributed by atoms with Crippen LogP contribution in [-0.2, 0) is 42.9 Å². The molecule has 0 saturated carbocycles. The van der Waals surface area contributed by atoms with E-state index >= 15 is 0 Å². The van der Waals surface area contributed by atoms with Crippen LogP contribution in [0.2, 0.25) is 0 Å². The molecule has 0 aliphatic heterocycles. The third-order valence-corrected chi connectivity index (χ3v) is 4.81. The van der Waals surface area contributed by atoms with Crippen LogP contribution >= 0.6 is 0 Å². The zero-order chi connectivity index (χ0) is 28.4. The first-order valence-electron chi connectivity index (χ1n) is 12.9. The maximum atomic E-state index is 11.9. The molecule has 0 aromatic carbocycles. The molecule has 0 spiro atoms. The van der Waals surface area contributed by atoms with Gasteiger partial charge in [-0.25, -0.2) is 4.79 Å². The van der Waals surface area contributed by atoms with Crippen LogP contribution in [0.4, 0.5) is 0 Å². The van der Waals surface area contributed by atoms with Gasteiger partial charge >= 0.3 is 5.97 Å². The summed E-state index contributed by atoms with van der Waals surface area (Å²) >= 11 is 0. The van der Waals surface area contributed by atoms with E-state index in [1.54, 1.807) is 6.92 Å². The minimum atomic E-state index is -1.22. The molecule has 0 aliphatic carbocycles. The molecule has 220 valence electrons. The first-order valence-corrected chi connectivity index (χ1v) is 12.9. The van der Waals surface area contributed by atoms with Crippen molar-refractivity contribution in [2.75, 3.05) is 72.5 Å². The Balaban J connectivity index is 3.67. The van der Waals surface area contributed by atoms with Crippen molar-refractivity contribution in [3.8, 4) is 0 Å². The maximum Gasteiger partial charge on any atom is 0.326 e. The number of carbonyl (C=O) groups is 5. The smallest absolute Gasteiger partial charge is 0.326 e. The Labute approximate surface area is 223 Å². The van der Waals surface area contributed by atoms with Gasteiger partial charge in [0.05, 0.1) is 39.6 Å². The molecular weight excluding hydrogens is 504 g/mol. The molecule has 5 N–H and O–H groups in total. The Kier molecular flexibility index (Phi) is 22.7. The lowest BCUT2D eigenvalue weighted by molar-refractivity contribution is -0.143. The second-order valence-electron chi connectivity index (χ2n) is 8.08. The van der Waals surface area contributed by atoms with Gasteiger partial charge in [-0.15, -0.1) is 0 Å². The average molecular weight is 549 g/mol. The molecule has 0 aromatic rings. The van der Waals surface area contributed by atoms with E-state index in [0.29, 0.717) is 32.7 Å². The van der Waals surface area contributed by atoms with Crippen molar-refractivity contribution >= 4 is 29.6 Å². The monoisotopic (exact) mass is 548 g/mol. The lowest BCUT2D eigenvalue weighted by Crippen LogP contribution is -2.43. The second kappa shape index (κ2) is 24.5. The van der Waals surface area contributed by atoms with Crippen molar-refractivity contribution in [2.24, 2.45) is 0 Å². The SMILES string of the molecule is CCCCNC(=O)CCC(NC(=O)COCCOCCNC(=O)COCCOCCNC(=O)CC)C(=O)O. The van der Waals surface area contributed by atoms with E-state index in [9.17, 15) is 29.1 Å². The van der Waals surface area contributed by atoms with Crippen LogP contribution in [0, 0.1) is 0 Å². The van der Waals surface area contributed by atoms with Crippen molar-refractivity contribution in [1.82, 2.24) is 21.3 Å². The molecule has 0 saturated heterocycles. The average Bonchev–Trinajstić information content (AvgIpc) is 2.89. The van der Waals surface area contributed by atoms with E-state index < -0.39 is 17.9 Å². The molecule has 1 atom stereocenters. The van der Waals surface area contributed by atoms with Gasteiger partial charge in [0.2, 0.25) is 23.6 Å². The van der Waals surface area contributed by atoms with Gasteiger partial charge in [-0.1, -0.05) is 20.3 Å². The fraction of sp³-hybridized carbons (Fsp3) is 0.792. The molecule has 0 bridgehead atoms. The highest BCUT2D eigenvalue weighted by atomic mass is 16.5. The number of nitrogens with one attached hydrogen (secondary N) is 4. The molecule has 14 nitrogen and oxygen atoms in total. The Bertz CT molecular complexity index is 693. The Morgan fingerprint density at radius 1 is 0.658 bits per heavy atom. The maximum absolute atomic E-state index is 11.9. The van der Waals surface area contributed by atoms with Gasteiger partial charge < -0.3 is 45.3 Å². The normalized spacial score (nSPS) is 11.4. The number of unbranched alkanes of at least 4 members (excludes halogenated alkanes) is 1. The Morgan fingerprint density at radius 2 is 1.18 bits per heavy atom. The van der Waals surface area contributed by atoms with E-state index in [1.807, 2.05) is 6.92 Å². The first-order chi connectivity index (χ1) is 18.3. The van der Waals surface area contributed by atoms with Gasteiger partial charge in [-0.05, 0) is 12.8 Å². The molecule has 0 aromatic heterocycles. The van der Waals surface area contributed by atoms with E-state index in [0.717, 1.165) is 12.8 Å². The fourth-order valence-corrected chi connectivity index (χ4v) is 2.73. The molecule has 1 unspecified atom stereocenters. The summed E-state index contributed by atoms with van der Waals surface area (Å²) in [6.45, 7) is 5.97. The number of aliphatic carboxylic acids is 1. The zero-order valence-electron chi connectivity index (χ0n) is 22.5. The summed E-state index contributed by atoms with van der Waals surface area (Å²) < 4.78 is 20.9. The Morgan fingerprint density at radius 3 is 1.74 bits per heavy atom. The first kappa shape index (κ1) is 35.2. The van der Waals surface area contributed by atoms with Crippen molar-refractivity contribution in [1.29, 1.82) is 0 Å². The highest BCUT2D eigenvalue weighted by Crippen LogP contribution is 1.99. The van der Waals surface area contributed by atoms with Crippen molar-refractivity contribution in [3.05, 3.63) is 0 Å². The third-order valence-electron chi connectivity index (χ3n) is 4.81. The standard InChI is InChI=1S/C24H44N4O10/c1-3-5-8-25-21(30)7-6-19(24(33)34)28-23(32)18-38-16-14-36-12-10-27-22(31)17-37-15-13-35-11-9-26-20(29)4-2/h19H,3-18H2,1-2H3,(H,25,30)(H,26,29)(H,27,31)(H,28,32)(H,33,34). The summed E-state index contributed by atoms with van der Waals surface area (Å²) in [7, 11) is 0. The molecular formula is C24H44N4O10. The van der Waals surface area contributed by atoms with E-state index in [-0.39, 0.29) is 76.7 Å². The predicted octanol–water partition coefficient (Wildman–Crippen LogP) is -1.04. The number of hydrogen-bond donors (Lipinski definition) is 5. The largest absolute Gasteiger partial charge is 0.480 e. The van der Waals surface area contributed by atoms with Crippen LogP contribution in [0.1, 0.15) is 46.0 Å². The number of ether oxygens (including phenoxy) is 4. The molecule has 14 heteroatoms. The third kappa shape index (κ3) is 22.4. The number of carboxylic acid groups (broad SMARTS) is 1. The van der Waals surface area contributed by atoms with Crippen LogP contribution in [0.5, 0.6) is 0 Å². The predicted molar refractivity (Wildman–Crippen MR) is 136 cm³/mol. The van der Waals surface area contributed by atoms with Crippen LogP contribution in [0.3, 0.4) is 0 Å². The van der Waals surface area contributed by atoms with Crippen LogP contribution in [0.15, 0.2) is 0 Å². The molecule has 4 amide bonds. The number of carbonyl (C=O) groups excluding carboxylic acids is 4. The number of carboxylic acids is 1. The second-order valence-corrected chi connectivity index (χ2v) is 8.08. The van der Waals surface area contributed by atoms with Gasteiger partial charge in [0.1, 0.15) is 19.3 Å². The minimum absolute atomic E-state index is 0.00605. The number of amides is 4. The van der Waals surface area contributed by atoms with E-state index in [2.05, 4.69) is 21.3 Å². The molecule has 0 rings (SSSR count). The summed E-state index contributed by atoms with van der Waals surface area (Å²) in [5, 5.41) is 19.6. The van der Waals surface area contributed by atoms with E-state index in [4.69, 9.17) is 18.9 Å². The van der Waals surface area contributed by atoms with Crippen LogP contribution < -0.4 is 21.3 Å². The highest BCUT2D eigenvalue weighted by molar-refractivity contribution is 5.85. The van der Waals surface area contributed by atoms with Gasteiger partial charge in [0, 0.05) is 32.5 Å². The summed E-state index contributed by atoms with van der Waals surface area (Å²) in [6, 6.07) is -1.18. The number of hydrogen-bond acceptors (Lipinski definition) is 9. The van der Waals surface area contributed by atoms with Gasteiger partial charge in [-0.2, -0.15) is 0 Å². The van der Waals surface area contributed by atoms with Crippen LogP contribution in [-0.4, -0.2) is 113 Å². The topological polar surface area (TPSA) is 191 Å². The molecule has 38 heavy (non-hydrogen) atoms. The lowest BCUT2D eigenvalue weighted by Gasteiger charge is -2.14. The summed E-state index contributed by atoms with van der Waals surface area (Å²) in [5.41, 5.74) is 0. The van der Waals surface area contributed by atoms with Crippen molar-refractivity contribution in [2.45, 2.75) is 52.0 Å². The summed E-state index contributed by atoms with van der Waals surface area (Å²) in [6.07, 6.45) is 2.18. The fourth-order valence-electron chi connectivity index (χ4n) is 2.73. The molecule has 0 fully saturated rings. The summed E-state index contributed by atoms with van der Waals surface area (Å²) in [4.78, 5) is 57.6. The highest BCUT2D eigenvalue weighted by Gasteiger charge is 2.21. The summed E-state index contributed by atoms with van der Waals surface area (Å²) in [5.74, 6) is -2.43. The minimum Gasteiger partial charge on any atom is -0.480 e. The zero-order valence-corrected chi connectivity index (χ0v) is 22.5. The van der Waals surface area contributed by atoms with Crippen molar-refractivity contribution in [3.63, 3.8) is 0 Å². The molecule has 0 heterocycles.